The topological polar surface area (TPSA) is 228 Å². The van der Waals surface area contributed by atoms with Crippen molar-refractivity contribution in [3.63, 3.8) is 0 Å². The Hall–Kier alpha value is 0.680. The molecule has 7 N–H and O–H groups in total. The Morgan fingerprint density at radius 2 is 0.889 bits per heavy atom. The first-order chi connectivity index (χ1) is 7.10. The summed E-state index contributed by atoms with van der Waals surface area (Å²) in [6.07, 6.45) is -2.14. The Balaban J connectivity index is -0.000000321. The third-order valence-corrected chi connectivity index (χ3v) is 1.16. The molecule has 0 amide bonds. The van der Waals surface area contributed by atoms with Gasteiger partial charge < -0.3 is 23.7 Å². The molecule has 0 aliphatic rings. The Morgan fingerprint density at radius 1 is 0.722 bits per heavy atom. The molecule has 0 rings (SSSR count). The van der Waals surface area contributed by atoms with E-state index in [9.17, 15) is 13.9 Å². The average Bonchev–Trinajstić information content (AvgIpc) is 1.69. The standard InChI is InChI=1S/CH4O9P2.Na.H3O4P.H/c2-1(9-11(3,4)5)10-12(6,7)8;;1-5(2,3)4;/h(H2,3,4,5)(H2,6,7,8);;(H3,1,2,3,4);. The van der Waals surface area contributed by atoms with Gasteiger partial charge in [0.25, 0.3) is 0 Å². The van der Waals surface area contributed by atoms with Gasteiger partial charge in [-0.25, -0.2) is 18.5 Å². The summed E-state index contributed by atoms with van der Waals surface area (Å²) in [5.74, 6) is 0. The summed E-state index contributed by atoms with van der Waals surface area (Å²) >= 11 is 0. The van der Waals surface area contributed by atoms with Gasteiger partial charge in [-0.15, -0.1) is 0 Å². The third kappa shape index (κ3) is 36.0. The first-order valence-corrected chi connectivity index (χ1v) is 7.55. The van der Waals surface area contributed by atoms with E-state index in [0.29, 0.717) is 0 Å². The van der Waals surface area contributed by atoms with Gasteiger partial charge in [0, 0.05) is 0 Å². The van der Waals surface area contributed by atoms with Crippen molar-refractivity contribution in [3.8, 4) is 0 Å². The first-order valence-electron chi connectivity index (χ1n) is 2.93. The SMILES string of the molecule is O=C(OP(=O)(O)O)OP(=O)(O)O.O=P(O)(O)O.[NaH]. The first kappa shape index (κ1) is 23.7. The normalized spacial score (nSPS) is 11.5. The molecule has 0 aliphatic heterocycles. The van der Waals surface area contributed by atoms with Gasteiger partial charge in [0.15, 0.2) is 0 Å². The van der Waals surface area contributed by atoms with Crippen molar-refractivity contribution in [2.45, 2.75) is 0 Å². The minimum atomic E-state index is -5.13. The van der Waals surface area contributed by atoms with Crippen LogP contribution < -0.4 is 0 Å². The molecule has 0 bridgehead atoms. The molecule has 0 spiro atoms. The van der Waals surface area contributed by atoms with Crippen LogP contribution in [0.25, 0.3) is 0 Å². The predicted octanol–water partition coefficient (Wildman–Crippen LogP) is -2.25. The van der Waals surface area contributed by atoms with Crippen LogP contribution in [0, 0.1) is 0 Å². The van der Waals surface area contributed by atoms with Crippen LogP contribution in [0.5, 0.6) is 0 Å². The van der Waals surface area contributed by atoms with Crippen LogP contribution in [-0.2, 0) is 22.7 Å². The monoisotopic (exact) mass is 344 g/mol. The number of hydrogen-bond acceptors (Lipinski definition) is 6. The van der Waals surface area contributed by atoms with E-state index in [1.165, 1.54) is 0 Å². The second kappa shape index (κ2) is 8.77. The quantitative estimate of drug-likeness (QED) is 0.207. The second-order valence-corrected chi connectivity index (χ2v) is 5.28. The van der Waals surface area contributed by atoms with Crippen LogP contribution in [0.1, 0.15) is 0 Å². The molecule has 0 atom stereocenters. The Bertz CT molecular complexity index is 347. The fraction of sp³-hybridized carbons (Fsp3) is 0. The third-order valence-electron chi connectivity index (χ3n) is 0.387. The maximum absolute atomic E-state index is 10.0. The number of phosphoric acid groups is 3. The van der Waals surface area contributed by atoms with Gasteiger partial charge in [-0.2, -0.15) is 0 Å². The van der Waals surface area contributed by atoms with Crippen molar-refractivity contribution in [2.24, 2.45) is 0 Å². The van der Waals surface area contributed by atoms with Gasteiger partial charge in [-0.3, -0.25) is 19.6 Å². The molecule has 18 heavy (non-hydrogen) atoms. The fourth-order valence-corrected chi connectivity index (χ4v) is 0.733. The molecule has 0 aromatic carbocycles. The Morgan fingerprint density at radius 3 is 1.00 bits per heavy atom. The molecular formula is CH8NaO13P3. The van der Waals surface area contributed by atoms with Gasteiger partial charge >= 0.3 is 59.2 Å². The summed E-state index contributed by atoms with van der Waals surface area (Å²) in [4.78, 5) is 63.3. The van der Waals surface area contributed by atoms with E-state index in [1.54, 1.807) is 0 Å². The minimum absolute atomic E-state index is 0. The summed E-state index contributed by atoms with van der Waals surface area (Å²) in [5.41, 5.74) is 0. The van der Waals surface area contributed by atoms with Crippen molar-refractivity contribution in [2.75, 3.05) is 0 Å². The zero-order chi connectivity index (χ0) is 14.5. The van der Waals surface area contributed by atoms with Gasteiger partial charge in [0.2, 0.25) is 0 Å². The predicted molar refractivity (Wildman–Crippen MR) is 53.1 cm³/mol. The molecule has 106 valence electrons. The molecule has 0 heterocycles. The molecular weight excluding hydrogens is 336 g/mol. The number of hydrogen-bond donors (Lipinski definition) is 7. The van der Waals surface area contributed by atoms with E-state index >= 15 is 0 Å². The van der Waals surface area contributed by atoms with Gasteiger partial charge in [-0.1, -0.05) is 0 Å². The Labute approximate surface area is 121 Å². The van der Waals surface area contributed by atoms with Crippen molar-refractivity contribution in [1.82, 2.24) is 0 Å². The van der Waals surface area contributed by atoms with Crippen LogP contribution >= 0.6 is 23.5 Å². The molecule has 0 aromatic rings. The number of phosphoric ester groups is 2. The van der Waals surface area contributed by atoms with E-state index in [0.717, 1.165) is 0 Å². The fourth-order valence-electron chi connectivity index (χ4n) is 0.211. The van der Waals surface area contributed by atoms with E-state index < -0.39 is 29.6 Å². The van der Waals surface area contributed by atoms with Crippen LogP contribution in [0.4, 0.5) is 4.79 Å². The van der Waals surface area contributed by atoms with Crippen molar-refractivity contribution >= 4 is 59.2 Å². The number of rotatable bonds is 2. The molecule has 13 nitrogen and oxygen atoms in total. The summed E-state index contributed by atoms with van der Waals surface area (Å²) in [7, 11) is -14.9. The molecule has 0 fully saturated rings. The molecule has 0 saturated heterocycles. The van der Waals surface area contributed by atoms with Crippen molar-refractivity contribution in [1.29, 1.82) is 0 Å². The van der Waals surface area contributed by atoms with E-state index in [2.05, 4.69) is 9.05 Å². The maximum atomic E-state index is 10.0. The van der Waals surface area contributed by atoms with E-state index in [-0.39, 0.29) is 29.6 Å². The van der Waals surface area contributed by atoms with Gasteiger partial charge in [-0.05, 0) is 0 Å². The summed E-state index contributed by atoms with van der Waals surface area (Å²) < 4.78 is 34.8. The van der Waals surface area contributed by atoms with E-state index in [1.807, 2.05) is 0 Å². The van der Waals surface area contributed by atoms with Gasteiger partial charge in [0.05, 0.1) is 0 Å². The van der Waals surface area contributed by atoms with E-state index in [4.69, 9.17) is 38.8 Å². The van der Waals surface area contributed by atoms with Crippen LogP contribution in [0.3, 0.4) is 0 Å². The zero-order valence-corrected chi connectivity index (χ0v) is 10.1. The van der Waals surface area contributed by atoms with Crippen molar-refractivity contribution < 1.29 is 61.8 Å². The zero-order valence-electron chi connectivity index (χ0n) is 7.42. The summed E-state index contributed by atoms with van der Waals surface area (Å²) in [5, 5.41) is 0. The molecule has 17 heteroatoms. The van der Waals surface area contributed by atoms with Crippen LogP contribution in [0.2, 0.25) is 0 Å². The second-order valence-electron chi connectivity index (χ2n) is 1.93. The molecule has 0 aromatic heterocycles. The molecule has 0 radical (unpaired) electrons. The van der Waals surface area contributed by atoms with Crippen LogP contribution in [-0.4, -0.2) is 70.0 Å². The Kier molecular flexibility index (Phi) is 11.6. The molecule has 0 unspecified atom stereocenters. The average molecular weight is 344 g/mol. The van der Waals surface area contributed by atoms with Crippen molar-refractivity contribution in [3.05, 3.63) is 0 Å². The summed E-state index contributed by atoms with van der Waals surface area (Å²) in [6, 6.07) is 0. The number of carbonyl (C=O) groups is 1. The number of carbonyl (C=O) groups excluding carboxylic acids is 1. The van der Waals surface area contributed by atoms with Gasteiger partial charge in [0.1, 0.15) is 0 Å². The summed E-state index contributed by atoms with van der Waals surface area (Å²) in [6.45, 7) is 0. The molecule has 0 saturated carbocycles. The molecule has 0 aliphatic carbocycles. The van der Waals surface area contributed by atoms with Crippen LogP contribution in [0.15, 0.2) is 0 Å².